The van der Waals surface area contributed by atoms with Crippen molar-refractivity contribution in [1.29, 1.82) is 0 Å². The van der Waals surface area contributed by atoms with Gasteiger partial charge in [0.25, 0.3) is 0 Å². The number of hydrogen-bond donors (Lipinski definition) is 3. The zero-order valence-electron chi connectivity index (χ0n) is 6.25. The normalized spacial score (nSPS) is 41.7. The molecule has 1 fully saturated rings. The lowest BCUT2D eigenvalue weighted by atomic mass is 9.90. The van der Waals surface area contributed by atoms with Gasteiger partial charge >= 0.3 is 0 Å². The summed E-state index contributed by atoms with van der Waals surface area (Å²) in [5.74, 6) is 0. The van der Waals surface area contributed by atoms with Gasteiger partial charge < -0.3 is 15.5 Å². The molecule has 0 spiro atoms. The van der Waals surface area contributed by atoms with Crippen molar-refractivity contribution in [3.63, 3.8) is 0 Å². The third kappa shape index (κ3) is 1.48. The molecule has 0 bridgehead atoms. The number of rotatable bonds is 1. The van der Waals surface area contributed by atoms with E-state index < -0.39 is 12.2 Å². The van der Waals surface area contributed by atoms with E-state index in [9.17, 15) is 10.2 Å². The molecule has 1 aliphatic rings. The maximum atomic E-state index is 9.32. The summed E-state index contributed by atoms with van der Waals surface area (Å²) >= 11 is 0. The average molecular weight is 145 g/mol. The van der Waals surface area contributed by atoms with Gasteiger partial charge in [0.2, 0.25) is 0 Å². The molecule has 1 saturated carbocycles. The summed E-state index contributed by atoms with van der Waals surface area (Å²) < 4.78 is 0. The second-order valence-electron chi connectivity index (χ2n) is 2.88. The van der Waals surface area contributed by atoms with Crippen LogP contribution in [0.4, 0.5) is 0 Å². The van der Waals surface area contributed by atoms with Gasteiger partial charge in [-0.05, 0) is 26.3 Å². The summed E-state index contributed by atoms with van der Waals surface area (Å²) in [7, 11) is 1.81. The first-order chi connectivity index (χ1) is 4.75. The molecule has 60 valence electrons. The Morgan fingerprint density at radius 2 is 2.00 bits per heavy atom. The first-order valence-electron chi connectivity index (χ1n) is 3.79. The molecule has 0 heterocycles. The summed E-state index contributed by atoms with van der Waals surface area (Å²) in [6.45, 7) is 0. The van der Waals surface area contributed by atoms with E-state index in [1.54, 1.807) is 0 Å². The van der Waals surface area contributed by atoms with Crippen molar-refractivity contribution in [3.05, 3.63) is 0 Å². The molecule has 1 rings (SSSR count). The van der Waals surface area contributed by atoms with Crippen LogP contribution in [0, 0.1) is 0 Å². The predicted octanol–water partition coefficient (Wildman–Crippen LogP) is -0.520. The maximum absolute atomic E-state index is 9.32. The van der Waals surface area contributed by atoms with Crippen LogP contribution in [-0.2, 0) is 0 Å². The van der Waals surface area contributed by atoms with Crippen LogP contribution in [0.1, 0.15) is 19.3 Å². The van der Waals surface area contributed by atoms with E-state index in [0.29, 0.717) is 0 Å². The van der Waals surface area contributed by atoms with Crippen molar-refractivity contribution < 1.29 is 10.2 Å². The summed E-state index contributed by atoms with van der Waals surface area (Å²) in [6, 6.07) is 0.0868. The number of likely N-dealkylation sites (N-methyl/N-ethyl adjacent to an activating group) is 1. The van der Waals surface area contributed by atoms with Crippen LogP contribution in [0.3, 0.4) is 0 Å². The van der Waals surface area contributed by atoms with E-state index in [1.165, 1.54) is 0 Å². The summed E-state index contributed by atoms with van der Waals surface area (Å²) in [6.07, 6.45) is 1.61. The lowest BCUT2D eigenvalue weighted by Gasteiger charge is -2.31. The Bertz CT molecular complexity index is 108. The topological polar surface area (TPSA) is 52.5 Å². The number of aliphatic hydroxyl groups excluding tert-OH is 2. The molecule has 0 saturated heterocycles. The van der Waals surface area contributed by atoms with Crippen LogP contribution in [0.25, 0.3) is 0 Å². The van der Waals surface area contributed by atoms with Crippen molar-refractivity contribution >= 4 is 0 Å². The standard InChI is InChI=1S/C7H15NO2/c1-8-5-3-2-4-6(9)7(5)10/h5-10H,2-4H2,1H3/t5-,6+,7-/m0/s1. The molecule has 3 nitrogen and oxygen atoms in total. The van der Waals surface area contributed by atoms with Crippen molar-refractivity contribution in [1.82, 2.24) is 5.32 Å². The number of hydrogen-bond acceptors (Lipinski definition) is 3. The van der Waals surface area contributed by atoms with E-state index in [2.05, 4.69) is 5.32 Å². The molecule has 0 radical (unpaired) electrons. The molecule has 3 N–H and O–H groups in total. The average Bonchev–Trinajstić information content (AvgIpc) is 1.95. The van der Waals surface area contributed by atoms with Crippen LogP contribution in [-0.4, -0.2) is 35.5 Å². The van der Waals surface area contributed by atoms with Gasteiger partial charge in [-0.15, -0.1) is 0 Å². The number of aliphatic hydroxyl groups is 2. The zero-order chi connectivity index (χ0) is 7.56. The van der Waals surface area contributed by atoms with Gasteiger partial charge in [0, 0.05) is 6.04 Å². The fourth-order valence-corrected chi connectivity index (χ4v) is 1.47. The summed E-state index contributed by atoms with van der Waals surface area (Å²) in [5.41, 5.74) is 0. The van der Waals surface area contributed by atoms with Gasteiger partial charge in [0.1, 0.15) is 0 Å². The minimum absolute atomic E-state index is 0.0868. The molecule has 0 aromatic heterocycles. The Hall–Kier alpha value is -0.120. The van der Waals surface area contributed by atoms with Gasteiger partial charge in [-0.3, -0.25) is 0 Å². The molecule has 3 heteroatoms. The monoisotopic (exact) mass is 145 g/mol. The van der Waals surface area contributed by atoms with Gasteiger partial charge in [0.05, 0.1) is 12.2 Å². The van der Waals surface area contributed by atoms with Gasteiger partial charge in [-0.25, -0.2) is 0 Å². The highest BCUT2D eigenvalue weighted by Gasteiger charge is 2.28. The fourth-order valence-electron chi connectivity index (χ4n) is 1.47. The molecular weight excluding hydrogens is 130 g/mol. The summed E-state index contributed by atoms with van der Waals surface area (Å²) in [4.78, 5) is 0. The lowest BCUT2D eigenvalue weighted by molar-refractivity contribution is -0.0276. The van der Waals surface area contributed by atoms with Crippen LogP contribution < -0.4 is 5.32 Å². The summed E-state index contributed by atoms with van der Waals surface area (Å²) in [5, 5.41) is 21.5. The number of nitrogens with one attached hydrogen (secondary N) is 1. The quantitative estimate of drug-likeness (QED) is 0.465. The largest absolute Gasteiger partial charge is 0.390 e. The van der Waals surface area contributed by atoms with Gasteiger partial charge in [-0.1, -0.05) is 0 Å². The Labute approximate surface area is 61.1 Å². The Balaban J connectivity index is 2.42. The SMILES string of the molecule is CN[C@H]1CCC[C@@H](O)[C@H]1O. The zero-order valence-corrected chi connectivity index (χ0v) is 6.25. The third-order valence-electron chi connectivity index (χ3n) is 2.19. The van der Waals surface area contributed by atoms with Crippen LogP contribution in [0.5, 0.6) is 0 Å². The molecule has 10 heavy (non-hydrogen) atoms. The second kappa shape index (κ2) is 3.32. The molecule has 0 unspecified atom stereocenters. The highest BCUT2D eigenvalue weighted by molar-refractivity contribution is 4.85. The molecule has 3 atom stereocenters. The fraction of sp³-hybridized carbons (Fsp3) is 1.00. The van der Waals surface area contributed by atoms with E-state index in [-0.39, 0.29) is 6.04 Å². The minimum atomic E-state index is -0.571. The maximum Gasteiger partial charge on any atom is 0.0951 e. The first-order valence-corrected chi connectivity index (χ1v) is 3.79. The molecule has 0 aliphatic heterocycles. The molecular formula is C7H15NO2. The predicted molar refractivity (Wildman–Crippen MR) is 38.7 cm³/mol. The van der Waals surface area contributed by atoms with E-state index >= 15 is 0 Å². The Kier molecular flexibility index (Phi) is 2.65. The smallest absolute Gasteiger partial charge is 0.0951 e. The minimum Gasteiger partial charge on any atom is -0.390 e. The van der Waals surface area contributed by atoms with E-state index in [4.69, 9.17) is 0 Å². The molecule has 1 aliphatic carbocycles. The van der Waals surface area contributed by atoms with Crippen molar-refractivity contribution in [2.75, 3.05) is 7.05 Å². The molecule has 0 amide bonds. The molecule has 0 aromatic carbocycles. The first kappa shape index (κ1) is 7.98. The Morgan fingerprint density at radius 3 is 2.50 bits per heavy atom. The lowest BCUT2D eigenvalue weighted by Crippen LogP contribution is -2.47. The van der Waals surface area contributed by atoms with Crippen LogP contribution in [0.15, 0.2) is 0 Å². The van der Waals surface area contributed by atoms with Crippen LogP contribution >= 0.6 is 0 Å². The van der Waals surface area contributed by atoms with Crippen molar-refractivity contribution in [2.24, 2.45) is 0 Å². The third-order valence-corrected chi connectivity index (χ3v) is 2.19. The Morgan fingerprint density at radius 1 is 1.30 bits per heavy atom. The van der Waals surface area contributed by atoms with E-state index in [0.717, 1.165) is 19.3 Å². The van der Waals surface area contributed by atoms with E-state index in [1.807, 2.05) is 7.05 Å². The second-order valence-corrected chi connectivity index (χ2v) is 2.88. The van der Waals surface area contributed by atoms with Crippen LogP contribution in [0.2, 0.25) is 0 Å². The highest BCUT2D eigenvalue weighted by atomic mass is 16.3. The molecule has 0 aromatic rings. The van der Waals surface area contributed by atoms with Gasteiger partial charge in [0.15, 0.2) is 0 Å². The van der Waals surface area contributed by atoms with Crippen molar-refractivity contribution in [3.8, 4) is 0 Å². The highest BCUT2D eigenvalue weighted by Crippen LogP contribution is 2.18. The van der Waals surface area contributed by atoms with Crippen molar-refractivity contribution in [2.45, 2.75) is 37.5 Å². The van der Waals surface area contributed by atoms with Gasteiger partial charge in [-0.2, -0.15) is 0 Å².